The molecule has 0 radical (unpaired) electrons. The first kappa shape index (κ1) is 23.7. The SMILES string of the molecule is COc1cc2c(cc1NC(=O)COC(=O)c1cc3c(C)nn(-c4ccc(F)cc4)c3s1)oc1ccccc12. The smallest absolute Gasteiger partial charge is 0.348 e. The zero-order valence-electron chi connectivity index (χ0n) is 20.3. The molecule has 0 saturated carbocycles. The van der Waals surface area contributed by atoms with Crippen molar-refractivity contribution in [1.29, 1.82) is 0 Å². The number of aryl methyl sites for hydroxylation is 1. The molecule has 1 amide bonds. The first-order chi connectivity index (χ1) is 18.4. The molecule has 0 aliphatic rings. The largest absolute Gasteiger partial charge is 0.495 e. The fraction of sp³-hybridized carbons (Fsp3) is 0.107. The number of hydrogen-bond donors (Lipinski definition) is 1. The minimum atomic E-state index is -0.633. The summed E-state index contributed by atoms with van der Waals surface area (Å²) >= 11 is 1.19. The molecule has 3 aromatic heterocycles. The molecule has 6 rings (SSSR count). The predicted octanol–water partition coefficient (Wildman–Crippen LogP) is 6.24. The van der Waals surface area contributed by atoms with E-state index in [0.29, 0.717) is 33.3 Å². The number of halogens is 1. The standard InChI is InChI=1S/C28H20FN3O5S/c1-15-19-12-25(38-27(19)32(31-15)17-9-7-16(29)8-10-17)28(34)36-14-26(33)30-21-13-23-20(11-24(21)35-2)18-5-3-4-6-22(18)37-23/h3-13H,14H2,1-2H3,(H,30,33). The number of anilines is 1. The third-order valence-electron chi connectivity index (χ3n) is 6.12. The molecule has 38 heavy (non-hydrogen) atoms. The van der Waals surface area contributed by atoms with Gasteiger partial charge in [0.15, 0.2) is 6.61 Å². The van der Waals surface area contributed by atoms with Gasteiger partial charge in [0, 0.05) is 22.2 Å². The van der Waals surface area contributed by atoms with Crippen molar-refractivity contribution in [1.82, 2.24) is 9.78 Å². The third-order valence-corrected chi connectivity index (χ3v) is 7.21. The first-order valence-corrected chi connectivity index (χ1v) is 12.4. The molecule has 0 saturated heterocycles. The van der Waals surface area contributed by atoms with Gasteiger partial charge in [0.1, 0.15) is 32.4 Å². The molecule has 0 aliphatic heterocycles. The number of amides is 1. The number of carbonyl (C=O) groups is 2. The van der Waals surface area contributed by atoms with Crippen molar-refractivity contribution >= 4 is 61.1 Å². The summed E-state index contributed by atoms with van der Waals surface area (Å²) in [5.74, 6) is -1.06. The van der Waals surface area contributed by atoms with Crippen LogP contribution in [-0.2, 0) is 9.53 Å². The topological polar surface area (TPSA) is 95.6 Å². The van der Waals surface area contributed by atoms with Crippen molar-refractivity contribution in [2.75, 3.05) is 19.0 Å². The minimum Gasteiger partial charge on any atom is -0.495 e. The maximum atomic E-state index is 13.3. The van der Waals surface area contributed by atoms with Crippen LogP contribution in [0.2, 0.25) is 0 Å². The van der Waals surface area contributed by atoms with Gasteiger partial charge in [-0.1, -0.05) is 18.2 Å². The average Bonchev–Trinajstić information content (AvgIpc) is 3.60. The summed E-state index contributed by atoms with van der Waals surface area (Å²) in [6, 6.07) is 18.7. The average molecular weight is 530 g/mol. The normalized spacial score (nSPS) is 11.3. The lowest BCUT2D eigenvalue weighted by molar-refractivity contribution is -0.119. The van der Waals surface area contributed by atoms with Gasteiger partial charge in [-0.3, -0.25) is 4.79 Å². The van der Waals surface area contributed by atoms with Crippen LogP contribution in [0.3, 0.4) is 0 Å². The molecule has 3 heterocycles. The van der Waals surface area contributed by atoms with Crippen molar-refractivity contribution < 1.29 is 27.9 Å². The van der Waals surface area contributed by atoms with E-state index in [1.807, 2.05) is 31.2 Å². The zero-order valence-corrected chi connectivity index (χ0v) is 21.1. The zero-order chi connectivity index (χ0) is 26.4. The van der Waals surface area contributed by atoms with E-state index in [2.05, 4.69) is 10.4 Å². The Kier molecular flexibility index (Phi) is 5.80. The van der Waals surface area contributed by atoms with Crippen molar-refractivity contribution in [2.24, 2.45) is 0 Å². The second-order valence-corrected chi connectivity index (χ2v) is 9.60. The molecule has 3 aromatic carbocycles. The Hall–Kier alpha value is -4.70. The lowest BCUT2D eigenvalue weighted by Gasteiger charge is -2.10. The number of esters is 1. The van der Waals surface area contributed by atoms with Crippen molar-refractivity contribution in [3.8, 4) is 11.4 Å². The van der Waals surface area contributed by atoms with Crippen molar-refractivity contribution in [2.45, 2.75) is 6.92 Å². The van der Waals surface area contributed by atoms with Crippen LogP contribution < -0.4 is 10.1 Å². The fourth-order valence-electron chi connectivity index (χ4n) is 4.31. The molecular weight excluding hydrogens is 509 g/mol. The number of benzene rings is 3. The molecule has 6 aromatic rings. The van der Waals surface area contributed by atoms with Crippen LogP contribution in [0, 0.1) is 12.7 Å². The minimum absolute atomic E-state index is 0.324. The van der Waals surface area contributed by atoms with E-state index in [0.717, 1.165) is 26.6 Å². The summed E-state index contributed by atoms with van der Waals surface area (Å²) < 4.78 is 31.6. The van der Waals surface area contributed by atoms with Crippen LogP contribution in [-0.4, -0.2) is 35.4 Å². The predicted molar refractivity (Wildman–Crippen MR) is 143 cm³/mol. The van der Waals surface area contributed by atoms with Crippen molar-refractivity contribution in [3.05, 3.63) is 83.1 Å². The number of nitrogens with one attached hydrogen (secondary N) is 1. The van der Waals surface area contributed by atoms with E-state index in [1.54, 1.807) is 35.0 Å². The highest BCUT2D eigenvalue weighted by Crippen LogP contribution is 2.36. The summed E-state index contributed by atoms with van der Waals surface area (Å²) in [6.07, 6.45) is 0. The summed E-state index contributed by atoms with van der Waals surface area (Å²) in [7, 11) is 1.51. The van der Waals surface area contributed by atoms with Gasteiger partial charge in [0.25, 0.3) is 5.91 Å². The van der Waals surface area contributed by atoms with E-state index < -0.39 is 18.5 Å². The maximum absolute atomic E-state index is 13.3. The summed E-state index contributed by atoms with van der Waals surface area (Å²) in [5.41, 5.74) is 3.10. The summed E-state index contributed by atoms with van der Waals surface area (Å²) in [6.45, 7) is 1.33. The van der Waals surface area contributed by atoms with Crippen LogP contribution >= 0.6 is 11.3 Å². The molecule has 0 unspecified atom stereocenters. The van der Waals surface area contributed by atoms with Gasteiger partial charge in [-0.15, -0.1) is 11.3 Å². The Balaban J connectivity index is 1.18. The van der Waals surface area contributed by atoms with Gasteiger partial charge in [-0.2, -0.15) is 5.10 Å². The van der Waals surface area contributed by atoms with Gasteiger partial charge in [0.05, 0.1) is 24.2 Å². The third kappa shape index (κ3) is 4.14. The van der Waals surface area contributed by atoms with Crippen LogP contribution in [0.5, 0.6) is 5.75 Å². The number of thiophene rings is 1. The Bertz CT molecular complexity index is 1850. The molecule has 0 bridgehead atoms. The molecule has 0 fully saturated rings. The molecular formula is C28H20FN3O5S. The Labute approximate surface area is 219 Å². The summed E-state index contributed by atoms with van der Waals surface area (Å²) in [4.78, 5) is 26.5. The highest BCUT2D eigenvalue weighted by molar-refractivity contribution is 7.20. The number of aromatic nitrogens is 2. The van der Waals surface area contributed by atoms with E-state index >= 15 is 0 Å². The molecule has 0 aliphatic carbocycles. The molecule has 10 heteroatoms. The van der Waals surface area contributed by atoms with Gasteiger partial charge in [-0.05, 0) is 49.4 Å². The molecule has 1 N–H and O–H groups in total. The quantitative estimate of drug-likeness (QED) is 0.257. The number of ether oxygens (including phenoxy) is 2. The maximum Gasteiger partial charge on any atom is 0.348 e. The monoisotopic (exact) mass is 529 g/mol. The first-order valence-electron chi connectivity index (χ1n) is 11.6. The Morgan fingerprint density at radius 1 is 1.03 bits per heavy atom. The summed E-state index contributed by atoms with van der Waals surface area (Å²) in [5, 5.41) is 9.80. The second kappa shape index (κ2) is 9.31. The number of rotatable bonds is 6. The van der Waals surface area contributed by atoms with Crippen LogP contribution in [0.1, 0.15) is 15.4 Å². The number of furan rings is 1. The lowest BCUT2D eigenvalue weighted by Crippen LogP contribution is -2.21. The molecule has 190 valence electrons. The number of fused-ring (bicyclic) bond motifs is 4. The van der Waals surface area contributed by atoms with E-state index in [9.17, 15) is 14.0 Å². The van der Waals surface area contributed by atoms with Crippen LogP contribution in [0.25, 0.3) is 37.8 Å². The molecule has 8 nitrogen and oxygen atoms in total. The number of hydrogen-bond acceptors (Lipinski definition) is 7. The van der Waals surface area contributed by atoms with Crippen LogP contribution in [0.4, 0.5) is 10.1 Å². The van der Waals surface area contributed by atoms with E-state index in [4.69, 9.17) is 13.9 Å². The molecule has 0 spiro atoms. The van der Waals surface area contributed by atoms with Crippen LogP contribution in [0.15, 0.2) is 71.1 Å². The van der Waals surface area contributed by atoms with Gasteiger partial charge < -0.3 is 19.2 Å². The van der Waals surface area contributed by atoms with E-state index in [1.165, 1.54) is 30.6 Å². The number of methoxy groups -OCH3 is 1. The lowest BCUT2D eigenvalue weighted by atomic mass is 10.1. The van der Waals surface area contributed by atoms with Gasteiger partial charge in [-0.25, -0.2) is 13.9 Å². The molecule has 0 atom stereocenters. The number of para-hydroxylation sites is 1. The van der Waals surface area contributed by atoms with Crippen molar-refractivity contribution in [3.63, 3.8) is 0 Å². The van der Waals surface area contributed by atoms with Gasteiger partial charge in [0.2, 0.25) is 0 Å². The second-order valence-electron chi connectivity index (χ2n) is 8.57. The Morgan fingerprint density at radius 2 is 1.82 bits per heavy atom. The number of nitrogens with zero attached hydrogens (tertiary/aromatic N) is 2. The number of carbonyl (C=O) groups excluding carboxylic acids is 2. The highest BCUT2D eigenvalue weighted by atomic mass is 32.1. The fourth-order valence-corrected chi connectivity index (χ4v) is 5.39. The van der Waals surface area contributed by atoms with Gasteiger partial charge >= 0.3 is 5.97 Å². The highest BCUT2D eigenvalue weighted by Gasteiger charge is 2.20. The Morgan fingerprint density at radius 3 is 2.61 bits per heavy atom. The van der Waals surface area contributed by atoms with E-state index in [-0.39, 0.29) is 5.82 Å².